The number of nitrogens with zero attached hydrogens (tertiary/aromatic N) is 5. The fraction of sp³-hybridized carbons (Fsp3) is 0.733. The van der Waals surface area contributed by atoms with E-state index in [1.807, 2.05) is 0 Å². The molecule has 2 aliphatic rings. The maximum atomic E-state index is 6.39. The number of aromatic nitrogens is 2. The third kappa shape index (κ3) is 3.10. The zero-order valence-corrected chi connectivity index (χ0v) is 13.5. The van der Waals surface area contributed by atoms with Gasteiger partial charge in [0.1, 0.15) is 12.0 Å². The fourth-order valence-electron chi connectivity index (χ4n) is 3.24. The van der Waals surface area contributed by atoms with Crippen molar-refractivity contribution >= 4 is 17.3 Å². The first kappa shape index (κ1) is 15.3. The molecule has 0 radical (unpaired) electrons. The van der Waals surface area contributed by atoms with Crippen LogP contribution in [-0.4, -0.2) is 74.4 Å². The van der Waals surface area contributed by atoms with Crippen molar-refractivity contribution in [1.82, 2.24) is 14.9 Å². The van der Waals surface area contributed by atoms with Gasteiger partial charge in [0.2, 0.25) is 0 Å². The molecule has 22 heavy (non-hydrogen) atoms. The highest BCUT2D eigenvalue weighted by molar-refractivity contribution is 5.75. The van der Waals surface area contributed by atoms with Crippen molar-refractivity contribution in [2.75, 3.05) is 69.0 Å². The first-order chi connectivity index (χ1) is 10.7. The van der Waals surface area contributed by atoms with E-state index in [0.29, 0.717) is 11.7 Å². The lowest BCUT2D eigenvalue weighted by Crippen LogP contribution is -2.43. The fourth-order valence-corrected chi connectivity index (χ4v) is 3.24. The lowest BCUT2D eigenvalue weighted by Gasteiger charge is -2.37. The normalized spacial score (nSPS) is 21.1. The van der Waals surface area contributed by atoms with Crippen LogP contribution >= 0.6 is 0 Å². The number of morpholine rings is 1. The molecule has 1 aromatic heterocycles. The van der Waals surface area contributed by atoms with Gasteiger partial charge in [0.25, 0.3) is 0 Å². The maximum Gasteiger partial charge on any atom is 0.157 e. The molecule has 0 aliphatic carbocycles. The minimum absolute atomic E-state index is 0.492. The summed E-state index contributed by atoms with van der Waals surface area (Å²) >= 11 is 0. The first-order valence-corrected chi connectivity index (χ1v) is 8.01. The van der Waals surface area contributed by atoms with Crippen LogP contribution in [0.2, 0.25) is 0 Å². The molecule has 3 heterocycles. The number of hydrogen-bond acceptors (Lipinski definition) is 7. The smallest absolute Gasteiger partial charge is 0.157 e. The Balaban J connectivity index is 1.78. The van der Waals surface area contributed by atoms with Gasteiger partial charge in [-0.2, -0.15) is 0 Å². The molecule has 0 saturated carbocycles. The largest absolute Gasteiger partial charge is 0.393 e. The highest BCUT2D eigenvalue weighted by Crippen LogP contribution is 2.31. The van der Waals surface area contributed by atoms with Crippen molar-refractivity contribution < 1.29 is 4.74 Å². The third-order valence-corrected chi connectivity index (χ3v) is 4.72. The molecule has 2 saturated heterocycles. The van der Waals surface area contributed by atoms with Crippen LogP contribution in [-0.2, 0) is 4.74 Å². The van der Waals surface area contributed by atoms with Crippen LogP contribution in [0.1, 0.15) is 12.8 Å². The van der Waals surface area contributed by atoms with E-state index < -0.39 is 0 Å². The molecular formula is C15H26N6O. The van der Waals surface area contributed by atoms with Crippen LogP contribution in [0.4, 0.5) is 17.3 Å². The van der Waals surface area contributed by atoms with Gasteiger partial charge in [-0.1, -0.05) is 0 Å². The predicted molar refractivity (Wildman–Crippen MR) is 88.4 cm³/mol. The van der Waals surface area contributed by atoms with Gasteiger partial charge in [-0.05, 0) is 33.0 Å². The monoisotopic (exact) mass is 306 g/mol. The Labute approximate surface area is 132 Å². The van der Waals surface area contributed by atoms with E-state index in [1.165, 1.54) is 0 Å². The quantitative estimate of drug-likeness (QED) is 0.868. The van der Waals surface area contributed by atoms with Gasteiger partial charge >= 0.3 is 0 Å². The van der Waals surface area contributed by atoms with Crippen LogP contribution in [0.5, 0.6) is 0 Å². The second kappa shape index (κ2) is 6.66. The number of nitrogens with two attached hydrogens (primary N) is 1. The number of piperidine rings is 1. The number of likely N-dealkylation sites (tertiary alicyclic amines) is 1. The summed E-state index contributed by atoms with van der Waals surface area (Å²) in [5, 5.41) is 0. The molecule has 0 unspecified atom stereocenters. The van der Waals surface area contributed by atoms with Gasteiger partial charge in [-0.25, -0.2) is 9.97 Å². The Hall–Kier alpha value is -1.60. The SMILES string of the molecule is CN1CCC(N(C)c2ncnc(N3CCOCC3)c2N)CC1. The van der Waals surface area contributed by atoms with Crippen LogP contribution in [0.15, 0.2) is 6.33 Å². The second-order valence-electron chi connectivity index (χ2n) is 6.18. The van der Waals surface area contributed by atoms with E-state index in [0.717, 1.165) is 63.9 Å². The number of ether oxygens (including phenoxy) is 1. The standard InChI is InChI=1S/C15H26N6O/c1-19-5-3-12(4-6-19)20(2)14-13(16)15(18-11-17-14)21-7-9-22-10-8-21/h11-12H,3-10,16H2,1-2H3. The molecule has 2 N–H and O–H groups in total. The van der Waals surface area contributed by atoms with Crippen LogP contribution in [0, 0.1) is 0 Å². The van der Waals surface area contributed by atoms with Gasteiger partial charge in [0.05, 0.1) is 13.2 Å². The number of rotatable bonds is 3. The zero-order chi connectivity index (χ0) is 15.5. The molecule has 2 fully saturated rings. The van der Waals surface area contributed by atoms with Crippen molar-refractivity contribution in [3.63, 3.8) is 0 Å². The summed E-state index contributed by atoms with van der Waals surface area (Å²) in [6, 6.07) is 0.492. The number of anilines is 3. The minimum Gasteiger partial charge on any atom is -0.393 e. The first-order valence-electron chi connectivity index (χ1n) is 8.01. The van der Waals surface area contributed by atoms with Crippen molar-refractivity contribution in [3.8, 4) is 0 Å². The lowest BCUT2D eigenvalue weighted by atomic mass is 10.0. The molecule has 3 rings (SSSR count). The highest BCUT2D eigenvalue weighted by atomic mass is 16.5. The summed E-state index contributed by atoms with van der Waals surface area (Å²) in [7, 11) is 4.27. The van der Waals surface area contributed by atoms with Crippen LogP contribution in [0.25, 0.3) is 0 Å². The molecule has 0 amide bonds. The molecule has 7 heteroatoms. The summed E-state index contributed by atoms with van der Waals surface area (Å²) in [6.45, 7) is 5.36. The summed E-state index contributed by atoms with van der Waals surface area (Å²) in [5.74, 6) is 1.69. The topological polar surface area (TPSA) is 70.8 Å². The summed E-state index contributed by atoms with van der Waals surface area (Å²) in [6.07, 6.45) is 3.91. The number of nitrogen functional groups attached to an aromatic ring is 1. The van der Waals surface area contributed by atoms with Gasteiger partial charge in [0.15, 0.2) is 11.6 Å². The van der Waals surface area contributed by atoms with Crippen molar-refractivity contribution in [2.45, 2.75) is 18.9 Å². The molecule has 0 aromatic carbocycles. The molecule has 7 nitrogen and oxygen atoms in total. The summed E-state index contributed by atoms with van der Waals surface area (Å²) in [4.78, 5) is 15.6. The van der Waals surface area contributed by atoms with E-state index in [-0.39, 0.29) is 0 Å². The Morgan fingerprint density at radius 1 is 1.18 bits per heavy atom. The summed E-state index contributed by atoms with van der Waals surface area (Å²) < 4.78 is 5.40. The average molecular weight is 306 g/mol. The Bertz CT molecular complexity index is 497. The molecule has 0 atom stereocenters. The van der Waals surface area contributed by atoms with E-state index in [4.69, 9.17) is 10.5 Å². The Kier molecular flexibility index (Phi) is 4.63. The Morgan fingerprint density at radius 2 is 1.86 bits per heavy atom. The average Bonchev–Trinajstić information content (AvgIpc) is 2.56. The number of hydrogen-bond donors (Lipinski definition) is 1. The molecule has 1 aromatic rings. The molecule has 0 bridgehead atoms. The lowest BCUT2D eigenvalue weighted by molar-refractivity contribution is 0.122. The summed E-state index contributed by atoms with van der Waals surface area (Å²) in [5.41, 5.74) is 7.08. The van der Waals surface area contributed by atoms with E-state index in [9.17, 15) is 0 Å². The van der Waals surface area contributed by atoms with Gasteiger partial charge in [-0.15, -0.1) is 0 Å². The van der Waals surface area contributed by atoms with E-state index in [2.05, 4.69) is 38.8 Å². The second-order valence-corrected chi connectivity index (χ2v) is 6.18. The molecule has 122 valence electrons. The van der Waals surface area contributed by atoms with Crippen molar-refractivity contribution in [2.24, 2.45) is 0 Å². The third-order valence-electron chi connectivity index (χ3n) is 4.72. The van der Waals surface area contributed by atoms with Gasteiger partial charge in [0, 0.05) is 26.2 Å². The van der Waals surface area contributed by atoms with Crippen molar-refractivity contribution in [3.05, 3.63) is 6.33 Å². The Morgan fingerprint density at radius 3 is 2.55 bits per heavy atom. The van der Waals surface area contributed by atoms with E-state index in [1.54, 1.807) is 6.33 Å². The van der Waals surface area contributed by atoms with Crippen LogP contribution < -0.4 is 15.5 Å². The molecule has 0 spiro atoms. The zero-order valence-electron chi connectivity index (χ0n) is 13.5. The van der Waals surface area contributed by atoms with Crippen molar-refractivity contribution in [1.29, 1.82) is 0 Å². The molecule has 2 aliphatic heterocycles. The predicted octanol–water partition coefficient (Wildman–Crippen LogP) is 0.426. The maximum absolute atomic E-state index is 6.39. The molecular weight excluding hydrogens is 280 g/mol. The minimum atomic E-state index is 0.492. The van der Waals surface area contributed by atoms with E-state index >= 15 is 0 Å². The van der Waals surface area contributed by atoms with Gasteiger partial charge in [-0.3, -0.25) is 0 Å². The highest BCUT2D eigenvalue weighted by Gasteiger charge is 2.25. The van der Waals surface area contributed by atoms with Crippen LogP contribution in [0.3, 0.4) is 0 Å². The van der Waals surface area contributed by atoms with Gasteiger partial charge < -0.3 is 25.2 Å².